The summed E-state index contributed by atoms with van der Waals surface area (Å²) in [5.74, 6) is 0.316. The molecule has 0 heterocycles. The average molecular weight is 348 g/mol. The van der Waals surface area contributed by atoms with Gasteiger partial charge in [-0.15, -0.1) is 0 Å². The first-order valence-electron chi connectivity index (χ1n) is 9.75. The highest BCUT2D eigenvalue weighted by molar-refractivity contribution is 6.10. The van der Waals surface area contributed by atoms with E-state index >= 15 is 0 Å². The minimum Gasteiger partial charge on any atom is -0.0720 e. The van der Waals surface area contributed by atoms with Crippen LogP contribution in [-0.4, -0.2) is 0 Å². The molecule has 0 aliphatic heterocycles. The number of hydrogen-bond donors (Lipinski definition) is 0. The number of allylic oxidation sites excluding steroid dienone is 1. The summed E-state index contributed by atoms with van der Waals surface area (Å²) in [6.45, 7) is 6.91. The van der Waals surface area contributed by atoms with Crippen LogP contribution in [0.4, 0.5) is 0 Å². The fourth-order valence-corrected chi connectivity index (χ4v) is 4.38. The van der Waals surface area contributed by atoms with Gasteiger partial charge < -0.3 is 0 Å². The van der Waals surface area contributed by atoms with E-state index in [1.54, 1.807) is 0 Å². The zero-order valence-electron chi connectivity index (χ0n) is 16.2. The molecule has 0 bridgehead atoms. The first kappa shape index (κ1) is 16.3. The molecule has 0 spiro atoms. The Morgan fingerprint density at radius 2 is 1.44 bits per heavy atom. The molecular weight excluding hydrogens is 324 g/mol. The Hall–Kier alpha value is -2.86. The monoisotopic (exact) mass is 348 g/mol. The van der Waals surface area contributed by atoms with Crippen LogP contribution in [0.15, 0.2) is 78.9 Å². The number of rotatable bonds is 1. The van der Waals surface area contributed by atoms with Gasteiger partial charge in [-0.2, -0.15) is 0 Å². The highest BCUT2D eigenvalue weighted by Gasteiger charge is 2.24. The van der Waals surface area contributed by atoms with Crippen molar-refractivity contribution in [3.63, 3.8) is 0 Å². The van der Waals surface area contributed by atoms with Crippen LogP contribution in [0.3, 0.4) is 0 Å². The molecule has 0 radical (unpaired) electrons. The van der Waals surface area contributed by atoms with Gasteiger partial charge in [-0.3, -0.25) is 0 Å². The van der Waals surface area contributed by atoms with E-state index in [0.717, 1.165) is 0 Å². The Kier molecular flexibility index (Phi) is 3.52. The van der Waals surface area contributed by atoms with Crippen LogP contribution < -0.4 is 0 Å². The van der Waals surface area contributed by atoms with E-state index < -0.39 is 0 Å². The van der Waals surface area contributed by atoms with E-state index in [1.807, 2.05) is 0 Å². The predicted molar refractivity (Wildman–Crippen MR) is 117 cm³/mol. The first-order chi connectivity index (χ1) is 13.0. The lowest BCUT2D eigenvalue weighted by Gasteiger charge is -2.24. The lowest BCUT2D eigenvalue weighted by molar-refractivity contribution is 0.590. The predicted octanol–water partition coefficient (Wildman–Crippen LogP) is 7.45. The molecule has 27 heavy (non-hydrogen) atoms. The van der Waals surface area contributed by atoms with Gasteiger partial charge in [0.1, 0.15) is 0 Å². The summed E-state index contributed by atoms with van der Waals surface area (Å²) in [5, 5.41) is 5.40. The van der Waals surface area contributed by atoms with Crippen molar-refractivity contribution >= 4 is 27.6 Å². The van der Waals surface area contributed by atoms with Gasteiger partial charge in [0.2, 0.25) is 0 Å². The SMILES string of the molecule is CC(C)(C)c1cc(C2C=Cc3ccccc32)c2c(ccc3ccccc32)c1. The minimum atomic E-state index is 0.121. The molecule has 0 N–H and O–H groups in total. The van der Waals surface area contributed by atoms with Gasteiger partial charge in [0, 0.05) is 5.92 Å². The number of benzene rings is 4. The maximum Gasteiger partial charge on any atom is 0.0285 e. The van der Waals surface area contributed by atoms with E-state index in [1.165, 1.54) is 43.8 Å². The van der Waals surface area contributed by atoms with Gasteiger partial charge in [-0.1, -0.05) is 106 Å². The standard InChI is InChI=1S/C27H24/c1-27(2,3)21-16-20-13-12-19-9-5-7-11-23(19)26(20)25(17-21)24-15-14-18-8-4-6-10-22(18)24/h4-17,24H,1-3H3. The molecule has 1 aliphatic rings. The zero-order valence-corrected chi connectivity index (χ0v) is 16.2. The highest BCUT2D eigenvalue weighted by Crippen LogP contribution is 2.42. The van der Waals surface area contributed by atoms with E-state index in [9.17, 15) is 0 Å². The van der Waals surface area contributed by atoms with E-state index in [4.69, 9.17) is 0 Å². The second-order valence-corrected chi connectivity index (χ2v) is 8.67. The number of fused-ring (bicyclic) bond motifs is 4. The van der Waals surface area contributed by atoms with Gasteiger partial charge >= 0.3 is 0 Å². The number of hydrogen-bond acceptors (Lipinski definition) is 0. The minimum absolute atomic E-state index is 0.121. The Labute approximate surface area is 161 Å². The summed E-state index contributed by atoms with van der Waals surface area (Å²) in [6, 6.07) is 26.9. The fraction of sp³-hybridized carbons (Fsp3) is 0.185. The molecule has 5 rings (SSSR count). The van der Waals surface area contributed by atoms with E-state index in [0.29, 0.717) is 5.92 Å². The highest BCUT2D eigenvalue weighted by atomic mass is 14.3. The van der Waals surface area contributed by atoms with E-state index in [2.05, 4.69) is 106 Å². The topological polar surface area (TPSA) is 0 Å². The smallest absolute Gasteiger partial charge is 0.0285 e. The van der Waals surface area contributed by atoms with Crippen molar-refractivity contribution < 1.29 is 0 Å². The third kappa shape index (κ3) is 2.59. The normalized spacial score (nSPS) is 16.2. The zero-order chi connectivity index (χ0) is 18.6. The molecule has 4 aromatic carbocycles. The second-order valence-electron chi connectivity index (χ2n) is 8.67. The third-order valence-electron chi connectivity index (χ3n) is 5.87. The molecule has 4 aromatic rings. The first-order valence-corrected chi connectivity index (χ1v) is 9.75. The van der Waals surface area contributed by atoms with Crippen LogP contribution >= 0.6 is 0 Å². The molecule has 0 saturated heterocycles. The summed E-state index contributed by atoms with van der Waals surface area (Å²) >= 11 is 0. The van der Waals surface area contributed by atoms with Crippen LogP contribution in [0.5, 0.6) is 0 Å². The molecule has 0 nitrogen and oxygen atoms in total. The summed E-state index contributed by atoms with van der Waals surface area (Å²) in [7, 11) is 0. The van der Waals surface area contributed by atoms with Gasteiger partial charge in [-0.25, -0.2) is 0 Å². The average Bonchev–Trinajstić information content (AvgIpc) is 3.10. The molecule has 0 amide bonds. The van der Waals surface area contributed by atoms with Gasteiger partial charge in [0.25, 0.3) is 0 Å². The second kappa shape index (κ2) is 5.82. The molecule has 132 valence electrons. The van der Waals surface area contributed by atoms with Crippen molar-refractivity contribution in [2.45, 2.75) is 32.1 Å². The fourth-order valence-electron chi connectivity index (χ4n) is 4.38. The molecule has 0 heteroatoms. The van der Waals surface area contributed by atoms with Crippen LogP contribution in [0.1, 0.15) is 48.9 Å². The van der Waals surface area contributed by atoms with Gasteiger partial charge in [0.05, 0.1) is 0 Å². The molecule has 1 unspecified atom stereocenters. The molecule has 0 fully saturated rings. The van der Waals surface area contributed by atoms with Crippen molar-refractivity contribution in [2.24, 2.45) is 0 Å². The maximum atomic E-state index is 2.45. The quantitative estimate of drug-likeness (QED) is 0.313. The maximum absolute atomic E-state index is 2.45. The lowest BCUT2D eigenvalue weighted by atomic mass is 9.80. The molecule has 0 aromatic heterocycles. The molecular formula is C27H24. The largest absolute Gasteiger partial charge is 0.0720 e. The Bertz CT molecular complexity index is 1200. The van der Waals surface area contributed by atoms with Crippen LogP contribution in [0.25, 0.3) is 27.6 Å². The third-order valence-corrected chi connectivity index (χ3v) is 5.87. The Morgan fingerprint density at radius 1 is 0.704 bits per heavy atom. The van der Waals surface area contributed by atoms with Crippen LogP contribution in [0.2, 0.25) is 0 Å². The summed E-state index contributed by atoms with van der Waals surface area (Å²) in [5.41, 5.74) is 5.71. The van der Waals surface area contributed by atoms with Crippen molar-refractivity contribution in [1.29, 1.82) is 0 Å². The van der Waals surface area contributed by atoms with Crippen molar-refractivity contribution in [3.8, 4) is 0 Å². The molecule has 1 atom stereocenters. The summed E-state index contributed by atoms with van der Waals surface area (Å²) in [4.78, 5) is 0. The van der Waals surface area contributed by atoms with Gasteiger partial charge in [-0.05, 0) is 49.2 Å². The summed E-state index contributed by atoms with van der Waals surface area (Å²) < 4.78 is 0. The van der Waals surface area contributed by atoms with Crippen LogP contribution in [-0.2, 0) is 5.41 Å². The van der Waals surface area contributed by atoms with Crippen molar-refractivity contribution in [2.75, 3.05) is 0 Å². The van der Waals surface area contributed by atoms with Crippen molar-refractivity contribution in [3.05, 3.63) is 101 Å². The molecule has 1 aliphatic carbocycles. The Balaban J connectivity index is 1.89. The lowest BCUT2D eigenvalue weighted by Crippen LogP contribution is -2.12. The van der Waals surface area contributed by atoms with E-state index in [-0.39, 0.29) is 5.41 Å². The van der Waals surface area contributed by atoms with Crippen LogP contribution in [0, 0.1) is 0 Å². The van der Waals surface area contributed by atoms with Gasteiger partial charge in [0.15, 0.2) is 0 Å². The Morgan fingerprint density at radius 3 is 2.30 bits per heavy atom. The molecule has 0 saturated carbocycles. The summed E-state index contributed by atoms with van der Waals surface area (Å²) in [6.07, 6.45) is 4.65. The van der Waals surface area contributed by atoms with Crippen molar-refractivity contribution in [1.82, 2.24) is 0 Å².